The van der Waals surface area contributed by atoms with Crippen molar-refractivity contribution >= 4 is 11.9 Å². The molecule has 1 aromatic heterocycles. The molecule has 1 amide bonds. The Balaban J connectivity index is 1.31. The largest absolute Gasteiger partial charge is 0.461 e. The zero-order valence-electron chi connectivity index (χ0n) is 16.6. The van der Waals surface area contributed by atoms with Crippen LogP contribution in [0.3, 0.4) is 0 Å². The van der Waals surface area contributed by atoms with Crippen LogP contribution in [-0.4, -0.2) is 48.2 Å². The zero-order valence-corrected chi connectivity index (χ0v) is 16.6. The highest BCUT2D eigenvalue weighted by Crippen LogP contribution is 2.74. The minimum absolute atomic E-state index is 0.0235. The van der Waals surface area contributed by atoms with Gasteiger partial charge in [0.2, 0.25) is 5.91 Å². The van der Waals surface area contributed by atoms with Gasteiger partial charge in [-0.1, -0.05) is 5.16 Å². The maximum atomic E-state index is 13.2. The van der Waals surface area contributed by atoms with Gasteiger partial charge in [0.1, 0.15) is 17.6 Å². The molecule has 0 radical (unpaired) electrons. The van der Waals surface area contributed by atoms with Crippen LogP contribution in [0.15, 0.2) is 10.6 Å². The number of ether oxygens (including phenoxy) is 1. The van der Waals surface area contributed by atoms with Crippen LogP contribution < -0.4 is 5.32 Å². The van der Waals surface area contributed by atoms with E-state index in [1.54, 1.807) is 0 Å². The SMILES string of the molecule is Cc1cc(CNC(=O)[C@H]2[C@H](C(=O)OC3CCN(C)C3)[C@H]3CC[C@@H]2C32CC2)no1. The van der Waals surface area contributed by atoms with Gasteiger partial charge in [-0.05, 0) is 63.3 Å². The molecule has 4 fully saturated rings. The number of rotatable bonds is 5. The molecule has 1 aliphatic heterocycles. The fraction of sp³-hybridized carbons (Fsp3) is 0.762. The molecule has 7 heteroatoms. The van der Waals surface area contributed by atoms with E-state index in [4.69, 9.17) is 9.26 Å². The minimum atomic E-state index is -0.286. The molecule has 1 N–H and O–H groups in total. The molecule has 1 spiro atoms. The smallest absolute Gasteiger partial charge is 0.310 e. The third-order valence-corrected chi connectivity index (χ3v) is 7.67. The number of likely N-dealkylation sites (N-methyl/N-ethyl adjacent to an activating group) is 1. The normalized spacial score (nSPS) is 35.4. The fourth-order valence-corrected chi connectivity index (χ4v) is 6.36. The minimum Gasteiger partial charge on any atom is -0.461 e. The number of carbonyl (C=O) groups is 2. The molecular weight excluding hydrogens is 358 g/mol. The molecule has 3 saturated carbocycles. The lowest BCUT2D eigenvalue weighted by molar-refractivity contribution is -0.160. The van der Waals surface area contributed by atoms with Crippen molar-refractivity contribution in [3.05, 3.63) is 17.5 Å². The first-order valence-electron chi connectivity index (χ1n) is 10.6. The van der Waals surface area contributed by atoms with Crippen molar-refractivity contribution in [3.63, 3.8) is 0 Å². The third-order valence-electron chi connectivity index (χ3n) is 7.67. The van der Waals surface area contributed by atoms with Crippen molar-refractivity contribution in [1.82, 2.24) is 15.4 Å². The van der Waals surface area contributed by atoms with Gasteiger partial charge in [0.25, 0.3) is 0 Å². The van der Waals surface area contributed by atoms with Crippen LogP contribution in [0, 0.1) is 36.0 Å². The van der Waals surface area contributed by atoms with Gasteiger partial charge in [-0.2, -0.15) is 0 Å². The number of aromatic nitrogens is 1. The Bertz CT molecular complexity index is 786. The molecule has 1 aromatic rings. The Morgan fingerprint density at radius 3 is 2.64 bits per heavy atom. The van der Waals surface area contributed by atoms with Crippen LogP contribution in [0.1, 0.15) is 43.6 Å². The van der Waals surface area contributed by atoms with Gasteiger partial charge in [-0.3, -0.25) is 9.59 Å². The van der Waals surface area contributed by atoms with Crippen molar-refractivity contribution in [2.75, 3.05) is 20.1 Å². The average Bonchev–Trinajstić information content (AvgIpc) is 2.88. The zero-order chi connectivity index (χ0) is 19.5. The van der Waals surface area contributed by atoms with Gasteiger partial charge in [0.05, 0.1) is 18.4 Å². The lowest BCUT2D eigenvalue weighted by Crippen LogP contribution is -2.42. The van der Waals surface area contributed by atoms with Gasteiger partial charge in [0.15, 0.2) is 0 Å². The van der Waals surface area contributed by atoms with E-state index < -0.39 is 0 Å². The average molecular weight is 387 g/mol. The molecule has 2 heterocycles. The van der Waals surface area contributed by atoms with E-state index in [2.05, 4.69) is 15.4 Å². The quantitative estimate of drug-likeness (QED) is 0.777. The van der Waals surface area contributed by atoms with Gasteiger partial charge in [-0.15, -0.1) is 0 Å². The molecule has 5 atom stereocenters. The molecule has 3 aliphatic carbocycles. The number of hydrogen-bond donors (Lipinski definition) is 1. The first-order chi connectivity index (χ1) is 13.5. The number of carbonyl (C=O) groups excluding carboxylic acids is 2. The summed E-state index contributed by atoms with van der Waals surface area (Å²) in [5, 5.41) is 6.96. The number of likely N-dealkylation sites (tertiary alicyclic amines) is 1. The monoisotopic (exact) mass is 387 g/mol. The number of hydrogen-bond acceptors (Lipinski definition) is 6. The number of esters is 1. The van der Waals surface area contributed by atoms with Crippen LogP contribution in [0.5, 0.6) is 0 Å². The van der Waals surface area contributed by atoms with E-state index in [9.17, 15) is 9.59 Å². The van der Waals surface area contributed by atoms with Crippen LogP contribution in [0.4, 0.5) is 0 Å². The van der Waals surface area contributed by atoms with E-state index in [1.807, 2.05) is 20.0 Å². The molecule has 7 nitrogen and oxygen atoms in total. The van der Waals surface area contributed by atoms with Crippen molar-refractivity contribution in [3.8, 4) is 0 Å². The van der Waals surface area contributed by atoms with E-state index >= 15 is 0 Å². The summed E-state index contributed by atoms with van der Waals surface area (Å²) in [4.78, 5) is 28.5. The fourth-order valence-electron chi connectivity index (χ4n) is 6.36. The molecule has 5 rings (SSSR count). The highest BCUT2D eigenvalue weighted by Gasteiger charge is 2.72. The first-order valence-corrected chi connectivity index (χ1v) is 10.6. The summed E-state index contributed by atoms with van der Waals surface area (Å²) in [6.07, 6.45) is 5.28. The topological polar surface area (TPSA) is 84.7 Å². The lowest BCUT2D eigenvalue weighted by atomic mass is 9.78. The molecule has 1 saturated heterocycles. The lowest BCUT2D eigenvalue weighted by Gasteiger charge is -2.29. The van der Waals surface area contributed by atoms with Gasteiger partial charge in [0, 0.05) is 19.2 Å². The Morgan fingerprint density at radius 2 is 2.04 bits per heavy atom. The summed E-state index contributed by atoms with van der Waals surface area (Å²) in [6, 6.07) is 1.83. The van der Waals surface area contributed by atoms with E-state index in [0.717, 1.165) is 51.0 Å². The van der Waals surface area contributed by atoms with Crippen molar-refractivity contribution in [1.29, 1.82) is 0 Å². The predicted octanol–water partition coefficient (Wildman–Crippen LogP) is 1.90. The summed E-state index contributed by atoms with van der Waals surface area (Å²) < 4.78 is 11.0. The highest BCUT2D eigenvalue weighted by atomic mass is 16.5. The van der Waals surface area contributed by atoms with Crippen LogP contribution in [-0.2, 0) is 20.9 Å². The molecule has 28 heavy (non-hydrogen) atoms. The first kappa shape index (κ1) is 18.2. The standard InChI is InChI=1S/C21H29N3O4/c1-12-9-13(23-28-12)10-22-19(25)17-15-3-4-16(21(15)6-7-21)18(17)20(26)27-14-5-8-24(2)11-14/h9,14-18H,3-8,10-11H2,1-2H3,(H,22,25)/t14?,15-,16+,17+,18+/m0/s1. The van der Waals surface area contributed by atoms with Crippen molar-refractivity contribution in [2.45, 2.75) is 51.7 Å². The van der Waals surface area contributed by atoms with Gasteiger partial charge < -0.3 is 19.5 Å². The highest BCUT2D eigenvalue weighted by molar-refractivity contribution is 5.87. The number of nitrogens with zero attached hydrogens (tertiary/aromatic N) is 2. The second-order valence-corrected chi connectivity index (χ2v) is 9.33. The second kappa shape index (κ2) is 6.58. The maximum absolute atomic E-state index is 13.2. The van der Waals surface area contributed by atoms with Crippen LogP contribution in [0.25, 0.3) is 0 Å². The molecule has 0 aromatic carbocycles. The van der Waals surface area contributed by atoms with E-state index in [0.29, 0.717) is 24.1 Å². The Kier molecular flexibility index (Phi) is 4.27. The molecule has 1 unspecified atom stereocenters. The second-order valence-electron chi connectivity index (χ2n) is 9.33. The van der Waals surface area contributed by atoms with Crippen LogP contribution >= 0.6 is 0 Å². The maximum Gasteiger partial charge on any atom is 0.310 e. The Morgan fingerprint density at radius 1 is 1.29 bits per heavy atom. The molecule has 152 valence electrons. The third kappa shape index (κ3) is 2.86. The Labute approximate surface area is 165 Å². The summed E-state index contributed by atoms with van der Waals surface area (Å²) in [6.45, 7) is 3.92. The number of aryl methyl sites for hydroxylation is 1. The summed E-state index contributed by atoms with van der Waals surface area (Å²) in [5.74, 6) is 0.645. The number of amides is 1. The van der Waals surface area contributed by atoms with E-state index in [-0.39, 0.29) is 35.2 Å². The van der Waals surface area contributed by atoms with Crippen molar-refractivity contribution < 1.29 is 18.8 Å². The Hall–Kier alpha value is -1.89. The van der Waals surface area contributed by atoms with Gasteiger partial charge >= 0.3 is 5.97 Å². The molecule has 4 aliphatic rings. The summed E-state index contributed by atoms with van der Waals surface area (Å²) in [5.41, 5.74) is 0.936. The molecule has 2 bridgehead atoms. The van der Waals surface area contributed by atoms with Crippen molar-refractivity contribution in [2.24, 2.45) is 29.1 Å². The predicted molar refractivity (Wildman–Crippen MR) is 99.9 cm³/mol. The van der Waals surface area contributed by atoms with E-state index in [1.165, 1.54) is 0 Å². The summed E-state index contributed by atoms with van der Waals surface area (Å²) in [7, 11) is 2.05. The summed E-state index contributed by atoms with van der Waals surface area (Å²) >= 11 is 0. The van der Waals surface area contributed by atoms with Gasteiger partial charge in [-0.25, -0.2) is 0 Å². The number of nitrogens with one attached hydrogen (secondary N) is 1. The molecular formula is C21H29N3O4. The van der Waals surface area contributed by atoms with Crippen LogP contribution in [0.2, 0.25) is 0 Å².